The molecule has 1 aromatic rings. The Labute approximate surface area is 97.8 Å². The molecule has 1 aromatic heterocycles. The SMILES string of the molecule is Cc1nc(Cl)c(NCC(O)C(N)=O)nc1C. The predicted octanol–water partition coefficient (Wildman–Crippen LogP) is 0.00494. The first-order valence-electron chi connectivity index (χ1n) is 4.63. The smallest absolute Gasteiger partial charge is 0.248 e. The van der Waals surface area contributed by atoms with Crippen molar-refractivity contribution in [1.29, 1.82) is 0 Å². The molecule has 0 bridgehead atoms. The first kappa shape index (κ1) is 12.7. The van der Waals surface area contributed by atoms with Crippen molar-refractivity contribution in [3.63, 3.8) is 0 Å². The molecule has 1 unspecified atom stereocenters. The van der Waals surface area contributed by atoms with E-state index in [9.17, 15) is 9.90 Å². The van der Waals surface area contributed by atoms with Gasteiger partial charge >= 0.3 is 0 Å². The molecule has 16 heavy (non-hydrogen) atoms. The Bertz CT molecular complexity index is 411. The number of aliphatic hydroxyl groups is 1. The summed E-state index contributed by atoms with van der Waals surface area (Å²) in [5.74, 6) is -0.481. The van der Waals surface area contributed by atoms with Crippen LogP contribution >= 0.6 is 11.6 Å². The van der Waals surface area contributed by atoms with Crippen molar-refractivity contribution >= 4 is 23.3 Å². The normalized spacial score (nSPS) is 12.2. The molecule has 88 valence electrons. The van der Waals surface area contributed by atoms with E-state index in [-0.39, 0.29) is 11.7 Å². The van der Waals surface area contributed by atoms with E-state index < -0.39 is 12.0 Å². The third kappa shape index (κ3) is 3.04. The summed E-state index contributed by atoms with van der Waals surface area (Å²) < 4.78 is 0. The van der Waals surface area contributed by atoms with Crippen molar-refractivity contribution in [2.24, 2.45) is 5.73 Å². The lowest BCUT2D eigenvalue weighted by molar-refractivity contribution is -0.125. The number of primary amides is 1. The van der Waals surface area contributed by atoms with Crippen molar-refractivity contribution in [3.8, 4) is 0 Å². The molecule has 0 saturated heterocycles. The molecule has 0 fully saturated rings. The number of nitrogens with one attached hydrogen (secondary N) is 1. The Morgan fingerprint density at radius 2 is 2.06 bits per heavy atom. The lowest BCUT2D eigenvalue weighted by Gasteiger charge is -2.11. The number of rotatable bonds is 4. The Kier molecular flexibility index (Phi) is 4.03. The van der Waals surface area contributed by atoms with Crippen LogP contribution in [-0.2, 0) is 4.79 Å². The van der Waals surface area contributed by atoms with Crippen LogP contribution in [0.5, 0.6) is 0 Å². The fourth-order valence-electron chi connectivity index (χ4n) is 0.982. The second kappa shape index (κ2) is 5.09. The number of nitrogens with zero attached hydrogens (tertiary/aromatic N) is 2. The lowest BCUT2D eigenvalue weighted by atomic mass is 10.3. The number of halogens is 1. The van der Waals surface area contributed by atoms with Gasteiger partial charge in [0.2, 0.25) is 5.91 Å². The van der Waals surface area contributed by atoms with Gasteiger partial charge in [-0.3, -0.25) is 4.79 Å². The average molecular weight is 245 g/mol. The van der Waals surface area contributed by atoms with E-state index in [4.69, 9.17) is 17.3 Å². The van der Waals surface area contributed by atoms with Crippen LogP contribution in [-0.4, -0.2) is 33.6 Å². The monoisotopic (exact) mass is 244 g/mol. The second-order valence-electron chi connectivity index (χ2n) is 3.33. The summed E-state index contributed by atoms with van der Waals surface area (Å²) in [6, 6.07) is 0. The Balaban J connectivity index is 2.74. The van der Waals surface area contributed by atoms with Gasteiger partial charge in [0.15, 0.2) is 11.0 Å². The van der Waals surface area contributed by atoms with E-state index in [1.807, 2.05) is 0 Å². The van der Waals surface area contributed by atoms with Gasteiger partial charge in [0.1, 0.15) is 6.10 Å². The summed E-state index contributed by atoms with van der Waals surface area (Å²) in [7, 11) is 0. The molecule has 6 nitrogen and oxygen atoms in total. The van der Waals surface area contributed by atoms with Crippen molar-refractivity contribution in [2.45, 2.75) is 20.0 Å². The number of hydrogen-bond acceptors (Lipinski definition) is 5. The Morgan fingerprint density at radius 1 is 1.50 bits per heavy atom. The number of nitrogens with two attached hydrogens (primary N) is 1. The molecule has 0 aromatic carbocycles. The van der Waals surface area contributed by atoms with Crippen LogP contribution in [0.15, 0.2) is 0 Å². The number of aromatic nitrogens is 2. The van der Waals surface area contributed by atoms with Crippen molar-refractivity contribution < 1.29 is 9.90 Å². The molecule has 0 aliphatic rings. The number of aliphatic hydroxyl groups excluding tert-OH is 1. The van der Waals surface area contributed by atoms with Crippen molar-refractivity contribution in [2.75, 3.05) is 11.9 Å². The summed E-state index contributed by atoms with van der Waals surface area (Å²) >= 11 is 5.83. The number of carbonyl (C=O) groups is 1. The maximum absolute atomic E-state index is 10.6. The zero-order valence-corrected chi connectivity index (χ0v) is 9.75. The van der Waals surface area contributed by atoms with E-state index in [1.165, 1.54) is 0 Å². The molecule has 7 heteroatoms. The lowest BCUT2D eigenvalue weighted by Crippen LogP contribution is -2.34. The van der Waals surface area contributed by atoms with Crippen molar-refractivity contribution in [1.82, 2.24) is 9.97 Å². The Morgan fingerprint density at radius 3 is 2.62 bits per heavy atom. The molecule has 0 aliphatic heterocycles. The van der Waals surface area contributed by atoms with Crippen molar-refractivity contribution in [3.05, 3.63) is 16.5 Å². The summed E-state index contributed by atoms with van der Waals surface area (Å²) in [6.07, 6.45) is -1.28. The highest BCUT2D eigenvalue weighted by molar-refractivity contribution is 6.31. The minimum absolute atomic E-state index is 0.0494. The third-order valence-electron chi connectivity index (χ3n) is 2.06. The van der Waals surface area contributed by atoms with Crippen LogP contribution in [0.25, 0.3) is 0 Å². The number of carbonyl (C=O) groups excluding carboxylic acids is 1. The van der Waals surface area contributed by atoms with E-state index >= 15 is 0 Å². The van der Waals surface area contributed by atoms with E-state index in [1.54, 1.807) is 13.8 Å². The van der Waals surface area contributed by atoms with Gasteiger partial charge in [0, 0.05) is 0 Å². The van der Waals surface area contributed by atoms with Gasteiger partial charge in [-0.1, -0.05) is 11.6 Å². The highest BCUT2D eigenvalue weighted by atomic mass is 35.5. The zero-order chi connectivity index (χ0) is 12.3. The van der Waals surface area contributed by atoms with Crippen LogP contribution in [0, 0.1) is 13.8 Å². The molecular formula is C9H13ClN4O2. The zero-order valence-electron chi connectivity index (χ0n) is 8.99. The highest BCUT2D eigenvalue weighted by Gasteiger charge is 2.12. The van der Waals surface area contributed by atoms with Crippen LogP contribution in [0.4, 0.5) is 5.82 Å². The van der Waals surface area contributed by atoms with Gasteiger partial charge in [-0.05, 0) is 13.8 Å². The standard InChI is InChI=1S/C9H13ClN4O2/c1-4-5(2)14-9(7(10)13-4)12-3-6(15)8(11)16/h6,15H,3H2,1-2H3,(H2,11,16)(H,12,14). The quantitative estimate of drug-likeness (QED) is 0.692. The third-order valence-corrected chi connectivity index (χ3v) is 2.32. The predicted molar refractivity (Wildman–Crippen MR) is 60.2 cm³/mol. The van der Waals surface area contributed by atoms with Gasteiger partial charge in [0.05, 0.1) is 17.9 Å². The summed E-state index contributed by atoms with van der Waals surface area (Å²) in [6.45, 7) is 3.52. The van der Waals surface area contributed by atoms with Crippen LogP contribution in [0.3, 0.4) is 0 Å². The molecule has 0 radical (unpaired) electrons. The van der Waals surface area contributed by atoms with Gasteiger partial charge < -0.3 is 16.2 Å². The molecule has 0 aliphatic carbocycles. The minimum Gasteiger partial charge on any atom is -0.381 e. The van der Waals surface area contributed by atoms with Gasteiger partial charge in [0.25, 0.3) is 0 Å². The topological polar surface area (TPSA) is 101 Å². The average Bonchev–Trinajstić information content (AvgIpc) is 2.20. The Hall–Kier alpha value is -1.40. The summed E-state index contributed by atoms with van der Waals surface area (Å²) in [4.78, 5) is 18.8. The van der Waals surface area contributed by atoms with Gasteiger partial charge in [-0.25, -0.2) is 9.97 Å². The maximum Gasteiger partial charge on any atom is 0.248 e. The summed E-state index contributed by atoms with van der Waals surface area (Å²) in [5, 5.41) is 12.1. The summed E-state index contributed by atoms with van der Waals surface area (Å²) in [5.41, 5.74) is 6.34. The van der Waals surface area contributed by atoms with Crippen LogP contribution < -0.4 is 11.1 Å². The first-order valence-corrected chi connectivity index (χ1v) is 5.01. The van der Waals surface area contributed by atoms with Crippen LogP contribution in [0.1, 0.15) is 11.4 Å². The molecule has 0 spiro atoms. The largest absolute Gasteiger partial charge is 0.381 e. The molecule has 1 amide bonds. The molecule has 1 heterocycles. The number of hydrogen-bond donors (Lipinski definition) is 3. The molecule has 1 atom stereocenters. The van der Waals surface area contributed by atoms with Gasteiger partial charge in [-0.15, -0.1) is 0 Å². The number of aryl methyl sites for hydroxylation is 2. The van der Waals surface area contributed by atoms with E-state index in [0.717, 1.165) is 11.4 Å². The number of amides is 1. The molecule has 4 N–H and O–H groups in total. The minimum atomic E-state index is -1.28. The fourth-order valence-corrected chi connectivity index (χ4v) is 1.22. The van der Waals surface area contributed by atoms with Crippen LogP contribution in [0.2, 0.25) is 5.15 Å². The van der Waals surface area contributed by atoms with E-state index in [0.29, 0.717) is 5.82 Å². The fraction of sp³-hybridized carbons (Fsp3) is 0.444. The first-order chi connectivity index (χ1) is 7.41. The maximum atomic E-state index is 10.6. The highest BCUT2D eigenvalue weighted by Crippen LogP contribution is 2.18. The van der Waals surface area contributed by atoms with E-state index in [2.05, 4.69) is 15.3 Å². The number of anilines is 1. The van der Waals surface area contributed by atoms with Gasteiger partial charge in [-0.2, -0.15) is 0 Å². The molecule has 0 saturated carbocycles. The molecule has 1 rings (SSSR count). The second-order valence-corrected chi connectivity index (χ2v) is 3.69. The molecular weight excluding hydrogens is 232 g/mol.